The third kappa shape index (κ3) is 2.89. The molecule has 2 atom stereocenters. The van der Waals surface area contributed by atoms with E-state index in [0.717, 1.165) is 47.8 Å². The molecule has 5 nitrogen and oxygen atoms in total. The van der Waals surface area contributed by atoms with Gasteiger partial charge in [-0.2, -0.15) is 0 Å². The molecule has 1 aliphatic carbocycles. The molecular formula is C22H26N4O. The van der Waals surface area contributed by atoms with Gasteiger partial charge in [0, 0.05) is 35.5 Å². The number of fused-ring (bicyclic) bond motifs is 4. The summed E-state index contributed by atoms with van der Waals surface area (Å²) in [6, 6.07) is 10.6. The number of anilines is 2. The van der Waals surface area contributed by atoms with Gasteiger partial charge in [0.05, 0.1) is 11.7 Å². The zero-order valence-corrected chi connectivity index (χ0v) is 16.0. The number of nitrogens with one attached hydrogen (secondary N) is 1. The second-order valence-corrected chi connectivity index (χ2v) is 8.41. The number of amides is 1. The predicted octanol–water partition coefficient (Wildman–Crippen LogP) is 4.34. The molecule has 1 saturated heterocycles. The van der Waals surface area contributed by atoms with Crippen LogP contribution in [0.1, 0.15) is 68.6 Å². The number of carbonyl (C=O) groups is 1. The van der Waals surface area contributed by atoms with Gasteiger partial charge in [-0.1, -0.05) is 32.0 Å². The number of benzene rings is 1. The van der Waals surface area contributed by atoms with E-state index in [1.165, 1.54) is 12.8 Å². The summed E-state index contributed by atoms with van der Waals surface area (Å²) in [6.07, 6.45) is 5.30. The van der Waals surface area contributed by atoms with Gasteiger partial charge in [0.25, 0.3) is 0 Å². The predicted molar refractivity (Wildman–Crippen MR) is 105 cm³/mol. The molecule has 0 unspecified atom stereocenters. The zero-order chi connectivity index (χ0) is 18.5. The van der Waals surface area contributed by atoms with Crippen LogP contribution < -0.4 is 5.32 Å². The highest BCUT2D eigenvalue weighted by Crippen LogP contribution is 2.48. The Labute approximate surface area is 160 Å². The number of rotatable bonds is 4. The Morgan fingerprint density at radius 3 is 2.59 bits per heavy atom. The van der Waals surface area contributed by atoms with E-state index < -0.39 is 0 Å². The van der Waals surface area contributed by atoms with Crippen LogP contribution in [0.2, 0.25) is 0 Å². The zero-order valence-electron chi connectivity index (χ0n) is 16.0. The summed E-state index contributed by atoms with van der Waals surface area (Å²) in [4.78, 5) is 24.9. The molecule has 27 heavy (non-hydrogen) atoms. The van der Waals surface area contributed by atoms with E-state index in [4.69, 9.17) is 9.97 Å². The third-order valence-electron chi connectivity index (χ3n) is 6.03. The molecule has 1 N–H and O–H groups in total. The number of aromatic nitrogens is 2. The maximum absolute atomic E-state index is 12.9. The smallest absolute Gasteiger partial charge is 0.225 e. The molecular weight excluding hydrogens is 336 g/mol. The fourth-order valence-corrected chi connectivity index (χ4v) is 4.54. The molecule has 1 amide bonds. The number of carbonyl (C=O) groups excluding carboxylic acids is 1. The molecule has 1 aromatic heterocycles. The van der Waals surface area contributed by atoms with Crippen LogP contribution >= 0.6 is 0 Å². The highest BCUT2D eigenvalue weighted by atomic mass is 16.2. The van der Waals surface area contributed by atoms with E-state index in [9.17, 15) is 4.79 Å². The molecule has 2 aromatic rings. The molecule has 140 valence electrons. The van der Waals surface area contributed by atoms with Crippen molar-refractivity contribution in [2.45, 2.75) is 64.0 Å². The van der Waals surface area contributed by atoms with E-state index in [1.807, 2.05) is 32.0 Å². The Kier molecular flexibility index (Phi) is 3.92. The summed E-state index contributed by atoms with van der Waals surface area (Å²) in [6.45, 7) is 3.99. The number of hydrogen-bond donors (Lipinski definition) is 1. The molecule has 1 aromatic carbocycles. The van der Waals surface area contributed by atoms with Crippen molar-refractivity contribution >= 4 is 17.4 Å². The van der Waals surface area contributed by atoms with E-state index in [-0.39, 0.29) is 17.9 Å². The fraction of sp³-hybridized carbons (Fsp3) is 0.500. The molecule has 3 heterocycles. The van der Waals surface area contributed by atoms with E-state index >= 15 is 0 Å². The van der Waals surface area contributed by atoms with Crippen molar-refractivity contribution in [2.75, 3.05) is 5.32 Å². The van der Waals surface area contributed by atoms with Gasteiger partial charge in [0.2, 0.25) is 5.91 Å². The minimum absolute atomic E-state index is 0.0202. The maximum Gasteiger partial charge on any atom is 0.225 e. The van der Waals surface area contributed by atoms with Gasteiger partial charge >= 0.3 is 0 Å². The van der Waals surface area contributed by atoms with Gasteiger partial charge in [0.15, 0.2) is 0 Å². The average Bonchev–Trinajstić information content (AvgIpc) is 3.46. The van der Waals surface area contributed by atoms with Crippen molar-refractivity contribution in [1.29, 1.82) is 0 Å². The summed E-state index contributed by atoms with van der Waals surface area (Å²) in [7, 11) is 0. The fourth-order valence-electron chi connectivity index (χ4n) is 4.54. The van der Waals surface area contributed by atoms with Crippen molar-refractivity contribution in [1.82, 2.24) is 14.9 Å². The van der Waals surface area contributed by atoms with Crippen LogP contribution in [0.25, 0.3) is 0 Å². The van der Waals surface area contributed by atoms with Crippen LogP contribution in [0.4, 0.5) is 11.5 Å². The molecule has 1 saturated carbocycles. The van der Waals surface area contributed by atoms with Crippen molar-refractivity contribution in [2.24, 2.45) is 5.92 Å². The summed E-state index contributed by atoms with van der Waals surface area (Å²) in [5, 5.41) is 3.54. The van der Waals surface area contributed by atoms with Crippen LogP contribution in [0.15, 0.2) is 30.3 Å². The lowest BCUT2D eigenvalue weighted by atomic mass is 9.96. The minimum Gasteiger partial charge on any atom is -0.340 e. The van der Waals surface area contributed by atoms with Crippen LogP contribution in [-0.4, -0.2) is 26.8 Å². The Hall–Kier alpha value is -2.43. The largest absolute Gasteiger partial charge is 0.340 e. The second kappa shape index (κ2) is 6.32. The SMILES string of the molecule is CC(C)C(=O)N1[C@@H]2CC[C@H]1c1c(nc(C3CC3)nc1Nc1ccccc1)C2. The molecule has 0 spiro atoms. The molecule has 2 fully saturated rings. The molecule has 0 radical (unpaired) electrons. The van der Waals surface area contributed by atoms with E-state index in [2.05, 4.69) is 22.3 Å². The van der Waals surface area contributed by atoms with Gasteiger partial charge in [-0.15, -0.1) is 0 Å². The topological polar surface area (TPSA) is 58.1 Å². The summed E-state index contributed by atoms with van der Waals surface area (Å²) < 4.78 is 0. The third-order valence-corrected chi connectivity index (χ3v) is 6.03. The van der Waals surface area contributed by atoms with Crippen LogP contribution in [0.5, 0.6) is 0 Å². The van der Waals surface area contributed by atoms with Crippen molar-refractivity contribution in [3.05, 3.63) is 47.4 Å². The van der Waals surface area contributed by atoms with Gasteiger partial charge < -0.3 is 10.2 Å². The minimum atomic E-state index is 0.0202. The monoisotopic (exact) mass is 362 g/mol. The van der Waals surface area contributed by atoms with E-state index in [1.54, 1.807) is 0 Å². The summed E-state index contributed by atoms with van der Waals surface area (Å²) in [5.74, 6) is 2.67. The van der Waals surface area contributed by atoms with Crippen molar-refractivity contribution in [3.63, 3.8) is 0 Å². The highest BCUT2D eigenvalue weighted by Gasteiger charge is 2.45. The first-order valence-corrected chi connectivity index (χ1v) is 10.2. The first-order chi connectivity index (χ1) is 13.1. The summed E-state index contributed by atoms with van der Waals surface area (Å²) >= 11 is 0. The van der Waals surface area contributed by atoms with Crippen molar-refractivity contribution < 1.29 is 4.79 Å². The van der Waals surface area contributed by atoms with Crippen molar-refractivity contribution in [3.8, 4) is 0 Å². The lowest BCUT2D eigenvalue weighted by molar-refractivity contribution is -0.138. The van der Waals surface area contributed by atoms with Crippen LogP contribution in [0, 0.1) is 5.92 Å². The number of para-hydroxylation sites is 1. The van der Waals surface area contributed by atoms with E-state index in [0.29, 0.717) is 12.0 Å². The molecule has 2 aliphatic heterocycles. The molecule has 5 rings (SSSR count). The van der Waals surface area contributed by atoms with Crippen LogP contribution in [-0.2, 0) is 11.2 Å². The van der Waals surface area contributed by atoms with Crippen LogP contribution in [0.3, 0.4) is 0 Å². The Morgan fingerprint density at radius 1 is 1.11 bits per heavy atom. The molecule has 3 aliphatic rings. The molecule has 2 bridgehead atoms. The average molecular weight is 362 g/mol. The first-order valence-electron chi connectivity index (χ1n) is 10.2. The molecule has 5 heteroatoms. The Bertz CT molecular complexity index is 875. The summed E-state index contributed by atoms with van der Waals surface area (Å²) in [5.41, 5.74) is 3.33. The highest BCUT2D eigenvalue weighted by molar-refractivity contribution is 5.80. The first kappa shape index (κ1) is 16.7. The van der Waals surface area contributed by atoms with Gasteiger partial charge in [-0.25, -0.2) is 9.97 Å². The Morgan fingerprint density at radius 2 is 1.89 bits per heavy atom. The van der Waals surface area contributed by atoms with Gasteiger partial charge in [-0.05, 0) is 37.8 Å². The normalized spacial score (nSPS) is 23.4. The number of nitrogens with zero attached hydrogens (tertiary/aromatic N) is 3. The van der Waals surface area contributed by atoms with Gasteiger partial charge in [-0.3, -0.25) is 4.79 Å². The maximum atomic E-state index is 12.9. The lowest BCUT2D eigenvalue weighted by Crippen LogP contribution is -2.44. The standard InChI is InChI=1S/C22H26N4O/c1-13(2)22(27)26-16-10-11-18(26)19-17(12-16)24-20(14-8-9-14)25-21(19)23-15-6-4-3-5-7-15/h3-7,13-14,16,18H,8-12H2,1-2H3,(H,23,24,25)/t16-,18+/m1/s1. The quantitative estimate of drug-likeness (QED) is 0.879. The van der Waals surface area contributed by atoms with Gasteiger partial charge in [0.1, 0.15) is 11.6 Å². The number of hydrogen-bond acceptors (Lipinski definition) is 4. The lowest BCUT2D eigenvalue weighted by Gasteiger charge is -2.38. The Balaban J connectivity index is 1.59. The second-order valence-electron chi connectivity index (χ2n) is 8.41.